The summed E-state index contributed by atoms with van der Waals surface area (Å²) in [5.41, 5.74) is 5.75. The minimum atomic E-state index is -0.529. The van der Waals surface area contributed by atoms with Crippen LogP contribution in [0.5, 0.6) is 0 Å². The molecule has 21 heavy (non-hydrogen) atoms. The number of carbonyl (C=O) groups excluding carboxylic acids is 1. The lowest BCUT2D eigenvalue weighted by Gasteiger charge is -2.22. The van der Waals surface area contributed by atoms with Crippen molar-refractivity contribution in [3.63, 3.8) is 0 Å². The monoisotopic (exact) mass is 295 g/mol. The van der Waals surface area contributed by atoms with E-state index in [0.29, 0.717) is 31.9 Å². The second kappa shape index (κ2) is 5.80. The summed E-state index contributed by atoms with van der Waals surface area (Å²) in [7, 11) is 0. The Balaban J connectivity index is 1.92. The summed E-state index contributed by atoms with van der Waals surface area (Å²) < 4.78 is 1.65. The first-order valence-corrected chi connectivity index (χ1v) is 7.01. The number of carbonyl (C=O) groups is 1. The molecule has 0 bridgehead atoms. The molecule has 8 heteroatoms. The molecule has 116 valence electrons. The molecule has 1 fully saturated rings. The number of nitrogens with zero attached hydrogens (tertiary/aromatic N) is 4. The average molecular weight is 295 g/mol. The number of likely N-dealkylation sites (tertiary alicyclic amines) is 1. The maximum absolute atomic E-state index is 12.2. The summed E-state index contributed by atoms with van der Waals surface area (Å²) in [6.07, 6.45) is 2.61. The molecule has 0 spiro atoms. The number of rotatable bonds is 5. The van der Waals surface area contributed by atoms with E-state index in [1.807, 2.05) is 4.90 Å². The Morgan fingerprint density at radius 3 is 2.86 bits per heavy atom. The molecule has 0 aliphatic carbocycles. The topological polar surface area (TPSA) is 107 Å². The lowest BCUT2D eigenvalue weighted by atomic mass is 9.90. The molecule has 1 atom stereocenters. The summed E-state index contributed by atoms with van der Waals surface area (Å²) in [5, 5.41) is 10.7. The molecule has 1 aromatic rings. The normalized spacial score (nSPS) is 21.8. The zero-order chi connectivity index (χ0) is 15.6. The Labute approximate surface area is 123 Å². The molecule has 0 saturated carbocycles. The van der Waals surface area contributed by atoms with Gasteiger partial charge in [-0.2, -0.15) is 0 Å². The quantitative estimate of drug-likeness (QED) is 0.635. The minimum absolute atomic E-state index is 0.0133. The van der Waals surface area contributed by atoms with Gasteiger partial charge in [-0.1, -0.05) is 6.92 Å². The van der Waals surface area contributed by atoms with Gasteiger partial charge in [-0.3, -0.25) is 4.79 Å². The van der Waals surface area contributed by atoms with E-state index in [4.69, 9.17) is 5.73 Å². The highest BCUT2D eigenvalue weighted by molar-refractivity contribution is 5.76. The predicted octanol–water partition coefficient (Wildman–Crippen LogP) is 0.687. The fraction of sp³-hybridized carbons (Fsp3) is 0.692. The van der Waals surface area contributed by atoms with Gasteiger partial charge in [-0.15, -0.1) is 0 Å². The Bertz CT molecular complexity index is 556. The van der Waals surface area contributed by atoms with Crippen molar-refractivity contribution in [2.24, 2.45) is 11.1 Å². The van der Waals surface area contributed by atoms with Gasteiger partial charge in [0.15, 0.2) is 0 Å². The van der Waals surface area contributed by atoms with E-state index in [-0.39, 0.29) is 17.1 Å². The summed E-state index contributed by atoms with van der Waals surface area (Å²) in [6.45, 7) is 6.18. The van der Waals surface area contributed by atoms with Crippen LogP contribution in [0.2, 0.25) is 0 Å². The molecule has 2 heterocycles. The SMILES string of the molecule is Cc1nc([N+](=O)[O-])cn1CCC(=O)N1CCC(C)(CN)C1. The number of imidazole rings is 1. The van der Waals surface area contributed by atoms with E-state index in [0.717, 1.165) is 13.0 Å². The van der Waals surface area contributed by atoms with E-state index >= 15 is 0 Å². The first-order chi connectivity index (χ1) is 9.84. The fourth-order valence-electron chi connectivity index (χ4n) is 2.58. The molecular formula is C13H21N5O3. The van der Waals surface area contributed by atoms with E-state index in [1.165, 1.54) is 6.20 Å². The third kappa shape index (κ3) is 3.38. The molecule has 1 saturated heterocycles. The highest BCUT2D eigenvalue weighted by Crippen LogP contribution is 2.28. The standard InChI is InChI=1S/C13H21N5O3/c1-10-15-11(18(20)21)7-16(10)5-3-12(19)17-6-4-13(2,8-14)9-17/h7H,3-6,8-9,14H2,1-2H3. The number of hydrogen-bond donors (Lipinski definition) is 1. The summed E-state index contributed by atoms with van der Waals surface area (Å²) >= 11 is 0. The van der Waals surface area contributed by atoms with Crippen LogP contribution in [0.1, 0.15) is 25.6 Å². The Morgan fingerprint density at radius 2 is 2.33 bits per heavy atom. The highest BCUT2D eigenvalue weighted by Gasteiger charge is 2.34. The summed E-state index contributed by atoms with van der Waals surface area (Å²) in [5.74, 6) is 0.419. The van der Waals surface area contributed by atoms with Gasteiger partial charge in [0.2, 0.25) is 11.7 Å². The zero-order valence-electron chi connectivity index (χ0n) is 12.4. The maximum Gasteiger partial charge on any atom is 0.381 e. The van der Waals surface area contributed by atoms with Crippen LogP contribution in [-0.4, -0.2) is 44.9 Å². The molecule has 2 rings (SSSR count). The fourth-order valence-corrected chi connectivity index (χ4v) is 2.58. The van der Waals surface area contributed by atoms with E-state index < -0.39 is 4.92 Å². The van der Waals surface area contributed by atoms with Crippen LogP contribution in [0.15, 0.2) is 6.20 Å². The van der Waals surface area contributed by atoms with E-state index in [1.54, 1.807) is 11.5 Å². The van der Waals surface area contributed by atoms with Crippen LogP contribution in [-0.2, 0) is 11.3 Å². The molecule has 8 nitrogen and oxygen atoms in total. The van der Waals surface area contributed by atoms with Gasteiger partial charge in [0, 0.05) is 33.0 Å². The van der Waals surface area contributed by atoms with Crippen molar-refractivity contribution >= 4 is 11.7 Å². The molecule has 1 unspecified atom stereocenters. The summed E-state index contributed by atoms with van der Waals surface area (Å²) in [6, 6.07) is 0. The predicted molar refractivity (Wildman–Crippen MR) is 76.6 cm³/mol. The van der Waals surface area contributed by atoms with Gasteiger partial charge in [-0.25, -0.2) is 0 Å². The van der Waals surface area contributed by atoms with E-state index in [9.17, 15) is 14.9 Å². The van der Waals surface area contributed by atoms with Crippen LogP contribution in [0.4, 0.5) is 5.82 Å². The second-order valence-electron chi connectivity index (χ2n) is 5.93. The number of nitro groups is 1. The van der Waals surface area contributed by atoms with Crippen molar-refractivity contribution < 1.29 is 9.72 Å². The molecule has 1 amide bonds. The first-order valence-electron chi connectivity index (χ1n) is 7.01. The second-order valence-corrected chi connectivity index (χ2v) is 5.93. The van der Waals surface area contributed by atoms with Crippen LogP contribution >= 0.6 is 0 Å². The highest BCUT2D eigenvalue weighted by atomic mass is 16.6. The van der Waals surface area contributed by atoms with Crippen molar-refractivity contribution in [3.05, 3.63) is 22.1 Å². The van der Waals surface area contributed by atoms with Gasteiger partial charge >= 0.3 is 5.82 Å². The number of aryl methyl sites for hydroxylation is 2. The number of nitrogens with two attached hydrogens (primary N) is 1. The van der Waals surface area contributed by atoms with Crippen LogP contribution < -0.4 is 5.73 Å². The zero-order valence-corrected chi connectivity index (χ0v) is 12.4. The van der Waals surface area contributed by atoms with Crippen LogP contribution in [0, 0.1) is 22.5 Å². The number of aromatic nitrogens is 2. The third-order valence-electron chi connectivity index (χ3n) is 4.12. The van der Waals surface area contributed by atoms with Crippen molar-refractivity contribution in [2.45, 2.75) is 33.2 Å². The molecule has 2 N–H and O–H groups in total. The van der Waals surface area contributed by atoms with E-state index in [2.05, 4.69) is 11.9 Å². The minimum Gasteiger partial charge on any atom is -0.358 e. The number of hydrogen-bond acceptors (Lipinski definition) is 5. The molecule has 1 aliphatic rings. The van der Waals surface area contributed by atoms with Crippen molar-refractivity contribution in [1.29, 1.82) is 0 Å². The molecule has 1 aliphatic heterocycles. The largest absolute Gasteiger partial charge is 0.381 e. The molecule has 1 aromatic heterocycles. The average Bonchev–Trinajstić information content (AvgIpc) is 3.01. The van der Waals surface area contributed by atoms with Crippen molar-refractivity contribution in [2.75, 3.05) is 19.6 Å². The van der Waals surface area contributed by atoms with Crippen molar-refractivity contribution in [3.8, 4) is 0 Å². The molecular weight excluding hydrogens is 274 g/mol. The Morgan fingerprint density at radius 1 is 1.62 bits per heavy atom. The smallest absolute Gasteiger partial charge is 0.358 e. The lowest BCUT2D eigenvalue weighted by Crippen LogP contribution is -2.34. The molecule has 0 radical (unpaired) electrons. The molecule has 0 aromatic carbocycles. The van der Waals surface area contributed by atoms with Gasteiger partial charge in [0.05, 0.1) is 0 Å². The van der Waals surface area contributed by atoms with Crippen LogP contribution in [0.3, 0.4) is 0 Å². The van der Waals surface area contributed by atoms with Gasteiger partial charge in [-0.05, 0) is 28.3 Å². The van der Waals surface area contributed by atoms with Gasteiger partial charge in [0.25, 0.3) is 0 Å². The van der Waals surface area contributed by atoms with Crippen molar-refractivity contribution in [1.82, 2.24) is 14.5 Å². The summed E-state index contributed by atoms with van der Waals surface area (Å²) in [4.78, 5) is 28.0. The Kier molecular flexibility index (Phi) is 4.26. The number of amides is 1. The van der Waals surface area contributed by atoms with Gasteiger partial charge < -0.3 is 25.3 Å². The third-order valence-corrected chi connectivity index (χ3v) is 4.12. The van der Waals surface area contributed by atoms with Gasteiger partial charge in [0.1, 0.15) is 6.20 Å². The van der Waals surface area contributed by atoms with Crippen LogP contribution in [0.25, 0.3) is 0 Å². The maximum atomic E-state index is 12.2. The Hall–Kier alpha value is -1.96. The lowest BCUT2D eigenvalue weighted by molar-refractivity contribution is -0.389. The first kappa shape index (κ1) is 15.4.